The van der Waals surface area contributed by atoms with E-state index >= 15 is 0 Å². The third-order valence-corrected chi connectivity index (χ3v) is 3.42. The molecule has 0 unspecified atom stereocenters. The van der Waals surface area contributed by atoms with Crippen LogP contribution in [0.1, 0.15) is 41.3 Å². The molecule has 0 amide bonds. The number of ketones is 1. The SMILES string of the molecule is CC(C)c1cc(OO)c2ooc2c1C(=O)c1ccccc1. The first-order valence-electron chi connectivity index (χ1n) is 6.60. The van der Waals surface area contributed by atoms with Gasteiger partial charge in [0, 0.05) is 5.56 Å². The lowest BCUT2D eigenvalue weighted by Gasteiger charge is -2.15. The largest absolute Gasteiger partial charge is 0.336 e. The predicted octanol–water partition coefficient (Wildman–Crippen LogP) is 4.23. The molecule has 108 valence electrons. The van der Waals surface area contributed by atoms with E-state index in [-0.39, 0.29) is 23.0 Å². The van der Waals surface area contributed by atoms with Crippen LogP contribution in [-0.4, -0.2) is 11.0 Å². The number of hydrogen-bond acceptors (Lipinski definition) is 5. The van der Waals surface area contributed by atoms with Gasteiger partial charge in [0.25, 0.3) is 5.58 Å². The molecule has 5 heteroatoms. The van der Waals surface area contributed by atoms with Crippen LogP contribution in [-0.2, 0) is 0 Å². The Hall–Kier alpha value is -2.53. The van der Waals surface area contributed by atoms with Crippen LogP contribution in [0.4, 0.5) is 0 Å². The average Bonchev–Trinajstić information content (AvgIpc) is 2.47. The van der Waals surface area contributed by atoms with Crippen molar-refractivity contribution in [2.24, 2.45) is 0 Å². The first kappa shape index (κ1) is 13.5. The number of hydrogen-bond donors (Lipinski definition) is 1. The number of carbonyl (C=O) groups is 1. The molecule has 0 spiro atoms. The van der Waals surface area contributed by atoms with Crippen molar-refractivity contribution in [3.05, 3.63) is 53.1 Å². The lowest BCUT2D eigenvalue weighted by molar-refractivity contribution is -0.138. The van der Waals surface area contributed by atoms with Crippen molar-refractivity contribution in [2.45, 2.75) is 19.8 Å². The van der Waals surface area contributed by atoms with Crippen molar-refractivity contribution in [1.82, 2.24) is 0 Å². The summed E-state index contributed by atoms with van der Waals surface area (Å²) in [7, 11) is 0. The molecule has 0 bridgehead atoms. The Kier molecular flexibility index (Phi) is 3.27. The van der Waals surface area contributed by atoms with Gasteiger partial charge < -0.3 is 4.89 Å². The summed E-state index contributed by atoms with van der Waals surface area (Å²) < 4.78 is 9.79. The van der Waals surface area contributed by atoms with Crippen LogP contribution in [0.25, 0.3) is 11.2 Å². The summed E-state index contributed by atoms with van der Waals surface area (Å²) in [5, 5.41) is 8.91. The van der Waals surface area contributed by atoms with E-state index in [4.69, 9.17) is 14.4 Å². The molecule has 1 N–H and O–H groups in total. The molecule has 3 rings (SSSR count). The first-order chi connectivity index (χ1) is 10.1. The van der Waals surface area contributed by atoms with Crippen molar-refractivity contribution in [2.75, 3.05) is 0 Å². The number of carbonyl (C=O) groups excluding carboxylic acids is 1. The lowest BCUT2D eigenvalue weighted by atomic mass is 9.91. The molecule has 5 nitrogen and oxygen atoms in total. The minimum atomic E-state index is -0.150. The zero-order chi connectivity index (χ0) is 15.0. The molecule has 0 saturated heterocycles. The second-order valence-electron chi connectivity index (χ2n) is 5.10. The maximum Gasteiger partial charge on any atom is 0.272 e. The Morgan fingerprint density at radius 3 is 2.33 bits per heavy atom. The van der Waals surface area contributed by atoms with Crippen molar-refractivity contribution >= 4 is 16.9 Å². The van der Waals surface area contributed by atoms with Crippen LogP contribution in [0.15, 0.2) is 45.6 Å². The van der Waals surface area contributed by atoms with Gasteiger partial charge in [-0.25, -0.2) is 5.26 Å². The van der Waals surface area contributed by atoms with E-state index in [9.17, 15) is 4.79 Å². The normalized spacial score (nSPS) is 11.2. The summed E-state index contributed by atoms with van der Waals surface area (Å²) in [5.74, 6) is 0.0453. The van der Waals surface area contributed by atoms with Gasteiger partial charge in [-0.15, -0.1) is 0 Å². The van der Waals surface area contributed by atoms with Crippen LogP contribution < -0.4 is 4.89 Å². The summed E-state index contributed by atoms with van der Waals surface area (Å²) in [6.45, 7) is 3.90. The molecular formula is C16H14O5. The molecule has 21 heavy (non-hydrogen) atoms. The van der Waals surface area contributed by atoms with Crippen molar-refractivity contribution in [3.63, 3.8) is 0 Å². The fourth-order valence-corrected chi connectivity index (χ4v) is 2.33. The highest BCUT2D eigenvalue weighted by atomic mass is 17.1. The minimum absolute atomic E-state index is 0.0519. The second kappa shape index (κ2) is 5.10. The van der Waals surface area contributed by atoms with Crippen LogP contribution in [0.2, 0.25) is 0 Å². The maximum absolute atomic E-state index is 12.7. The summed E-state index contributed by atoms with van der Waals surface area (Å²) in [6, 6.07) is 10.5. The lowest BCUT2D eigenvalue weighted by Crippen LogP contribution is -2.09. The topological polar surface area (TPSA) is 72.8 Å². The number of fused-ring (bicyclic) bond motifs is 1. The molecular weight excluding hydrogens is 272 g/mol. The van der Waals surface area contributed by atoms with Crippen molar-refractivity contribution in [3.8, 4) is 5.75 Å². The molecule has 0 aliphatic carbocycles. The Labute approximate surface area is 120 Å². The molecule has 0 radical (unpaired) electrons. The fraction of sp³-hybridized carbons (Fsp3) is 0.188. The summed E-state index contributed by atoms with van der Waals surface area (Å²) in [5.41, 5.74) is 2.28. The van der Waals surface area contributed by atoms with Crippen LogP contribution >= 0.6 is 0 Å². The summed E-state index contributed by atoms with van der Waals surface area (Å²) >= 11 is 0. The van der Waals surface area contributed by atoms with Gasteiger partial charge in [0.2, 0.25) is 11.3 Å². The highest BCUT2D eigenvalue weighted by Gasteiger charge is 2.28. The van der Waals surface area contributed by atoms with E-state index in [2.05, 4.69) is 4.89 Å². The standard InChI is InChI=1S/C16H14O5/c1-9(2)11-8-12(19-18)15-16(21-20-15)13(11)14(17)10-6-4-3-5-7-10/h3-9,18H,1-2H3. The molecule has 2 aromatic carbocycles. The molecule has 0 saturated carbocycles. The maximum atomic E-state index is 12.7. The Balaban J connectivity index is 2.22. The van der Waals surface area contributed by atoms with Gasteiger partial charge >= 0.3 is 0 Å². The van der Waals surface area contributed by atoms with E-state index in [0.29, 0.717) is 16.7 Å². The number of rotatable bonds is 4. The van der Waals surface area contributed by atoms with Gasteiger partial charge in [-0.3, -0.25) is 13.9 Å². The van der Waals surface area contributed by atoms with E-state index in [1.165, 1.54) is 0 Å². The monoisotopic (exact) mass is 286 g/mol. The van der Waals surface area contributed by atoms with Gasteiger partial charge in [-0.05, 0) is 17.5 Å². The van der Waals surface area contributed by atoms with Crippen LogP contribution in [0.3, 0.4) is 0 Å². The third-order valence-electron chi connectivity index (χ3n) is 3.42. The zero-order valence-electron chi connectivity index (χ0n) is 11.6. The molecule has 1 heterocycles. The van der Waals surface area contributed by atoms with E-state index in [1.807, 2.05) is 19.9 Å². The smallest absolute Gasteiger partial charge is 0.272 e. The van der Waals surface area contributed by atoms with Gasteiger partial charge in [-0.1, -0.05) is 44.2 Å². The summed E-state index contributed by atoms with van der Waals surface area (Å²) in [4.78, 5) is 17.0. The second-order valence-corrected chi connectivity index (χ2v) is 5.10. The van der Waals surface area contributed by atoms with Crippen molar-refractivity contribution in [1.29, 1.82) is 0 Å². The van der Waals surface area contributed by atoms with Crippen LogP contribution in [0, 0.1) is 0 Å². The van der Waals surface area contributed by atoms with Crippen molar-refractivity contribution < 1.29 is 24.1 Å². The van der Waals surface area contributed by atoms with Crippen LogP contribution in [0.5, 0.6) is 5.75 Å². The molecule has 3 aromatic rings. The fourth-order valence-electron chi connectivity index (χ4n) is 2.33. The highest BCUT2D eigenvalue weighted by Crippen LogP contribution is 2.38. The molecule has 0 atom stereocenters. The first-order valence-corrected chi connectivity index (χ1v) is 6.60. The Morgan fingerprint density at radius 1 is 1.14 bits per heavy atom. The molecule has 1 aromatic heterocycles. The molecule has 0 fully saturated rings. The molecule has 0 aliphatic rings. The van der Waals surface area contributed by atoms with E-state index < -0.39 is 0 Å². The highest BCUT2D eigenvalue weighted by molar-refractivity contribution is 6.16. The third kappa shape index (κ3) is 2.11. The predicted molar refractivity (Wildman–Crippen MR) is 75.7 cm³/mol. The molecule has 0 aliphatic heterocycles. The van der Waals surface area contributed by atoms with E-state index in [0.717, 1.165) is 5.56 Å². The average molecular weight is 286 g/mol. The quantitative estimate of drug-likeness (QED) is 0.441. The van der Waals surface area contributed by atoms with Gasteiger partial charge in [0.05, 0.1) is 5.56 Å². The number of benzene rings is 2. The Bertz CT molecular complexity index is 780. The van der Waals surface area contributed by atoms with Gasteiger partial charge in [-0.2, -0.15) is 0 Å². The van der Waals surface area contributed by atoms with Gasteiger partial charge in [0.15, 0.2) is 5.78 Å². The summed E-state index contributed by atoms with van der Waals surface area (Å²) in [6.07, 6.45) is 0. The Morgan fingerprint density at radius 2 is 1.81 bits per heavy atom. The van der Waals surface area contributed by atoms with E-state index in [1.54, 1.807) is 30.3 Å². The zero-order valence-corrected chi connectivity index (χ0v) is 11.6. The minimum Gasteiger partial charge on any atom is -0.336 e. The van der Waals surface area contributed by atoms with Gasteiger partial charge in [0.1, 0.15) is 0 Å².